The molecule has 0 saturated heterocycles. The molecule has 2 heteroatoms. The van der Waals surface area contributed by atoms with Gasteiger partial charge in [0.15, 0.2) is 0 Å². The average molecular weight is 398 g/mol. The van der Waals surface area contributed by atoms with Crippen molar-refractivity contribution in [1.29, 1.82) is 0 Å². The molecule has 0 bridgehead atoms. The van der Waals surface area contributed by atoms with Crippen LogP contribution in [0.3, 0.4) is 0 Å². The molecule has 2 nitrogen and oxygen atoms in total. The summed E-state index contributed by atoms with van der Waals surface area (Å²) < 4.78 is 6.16. The number of anilines is 1. The lowest BCUT2D eigenvalue weighted by atomic mass is 9.97. The third-order valence-electron chi connectivity index (χ3n) is 5.44. The van der Waals surface area contributed by atoms with E-state index in [0.717, 1.165) is 25.3 Å². The Morgan fingerprint density at radius 1 is 0.767 bits per heavy atom. The van der Waals surface area contributed by atoms with Gasteiger partial charge in [0.2, 0.25) is 0 Å². The molecule has 0 aromatic heterocycles. The summed E-state index contributed by atoms with van der Waals surface area (Å²) in [5.74, 6) is 2.03. The minimum atomic E-state index is 0.510. The summed E-state index contributed by atoms with van der Waals surface area (Å²) in [5, 5.41) is 8.62. The first kappa shape index (κ1) is 20.3. The molecular formula is C28H31NO. The lowest BCUT2D eigenvalue weighted by Gasteiger charge is -2.17. The summed E-state index contributed by atoms with van der Waals surface area (Å²) in [5.41, 5.74) is 2.51. The van der Waals surface area contributed by atoms with Crippen LogP contribution in [0.25, 0.3) is 21.5 Å². The molecule has 4 aromatic carbocycles. The predicted molar refractivity (Wildman–Crippen MR) is 130 cm³/mol. The lowest BCUT2D eigenvalue weighted by Crippen LogP contribution is -2.14. The Hall–Kier alpha value is -3.00. The Morgan fingerprint density at radius 3 is 2.30 bits per heavy atom. The fourth-order valence-corrected chi connectivity index (χ4v) is 3.89. The second-order valence-corrected chi connectivity index (χ2v) is 8.77. The molecule has 0 aliphatic carbocycles. The van der Waals surface area contributed by atoms with Crippen LogP contribution in [0.2, 0.25) is 0 Å². The second-order valence-electron chi connectivity index (χ2n) is 8.77. The number of ether oxygens (including phenoxy) is 1. The molecule has 0 aliphatic heterocycles. The molecule has 0 amide bonds. The Bertz CT molecular complexity index is 1130. The van der Waals surface area contributed by atoms with Crippen molar-refractivity contribution in [3.63, 3.8) is 0 Å². The molecule has 1 atom stereocenters. The summed E-state index contributed by atoms with van der Waals surface area (Å²) in [4.78, 5) is 0. The van der Waals surface area contributed by atoms with Crippen molar-refractivity contribution in [2.24, 2.45) is 11.8 Å². The Labute approximate surface area is 179 Å². The topological polar surface area (TPSA) is 21.3 Å². The quantitative estimate of drug-likeness (QED) is 0.336. The SMILES string of the molecule is CC(C)COc1cc(CC(C)CNc2ccc3ccccc3c2)cc2ccccc12. The van der Waals surface area contributed by atoms with Crippen molar-refractivity contribution in [1.82, 2.24) is 0 Å². The van der Waals surface area contributed by atoms with Gasteiger partial charge in [-0.1, -0.05) is 81.4 Å². The van der Waals surface area contributed by atoms with E-state index in [9.17, 15) is 0 Å². The van der Waals surface area contributed by atoms with Gasteiger partial charge >= 0.3 is 0 Å². The van der Waals surface area contributed by atoms with Crippen LogP contribution in [0.1, 0.15) is 26.3 Å². The lowest BCUT2D eigenvalue weighted by molar-refractivity contribution is 0.274. The molecule has 1 unspecified atom stereocenters. The van der Waals surface area contributed by atoms with Gasteiger partial charge in [-0.05, 0) is 58.2 Å². The molecule has 4 aromatic rings. The summed E-state index contributed by atoms with van der Waals surface area (Å²) in [6.07, 6.45) is 1.02. The first-order valence-electron chi connectivity index (χ1n) is 11.0. The molecule has 4 rings (SSSR count). The van der Waals surface area contributed by atoms with Crippen LogP contribution in [0, 0.1) is 11.8 Å². The third kappa shape index (κ3) is 4.94. The van der Waals surface area contributed by atoms with Gasteiger partial charge in [0.05, 0.1) is 6.61 Å². The third-order valence-corrected chi connectivity index (χ3v) is 5.44. The zero-order chi connectivity index (χ0) is 20.9. The standard InChI is InChI=1S/C28H31NO/c1-20(2)19-30-28-16-22(15-25-10-6-7-11-27(25)28)14-21(3)18-29-26-13-12-23-8-4-5-9-24(23)17-26/h4-13,15-17,20-21,29H,14,18-19H2,1-3H3. The smallest absolute Gasteiger partial charge is 0.127 e. The van der Waals surface area contributed by atoms with Crippen LogP contribution in [0.5, 0.6) is 5.75 Å². The van der Waals surface area contributed by atoms with E-state index in [2.05, 4.69) is 105 Å². The van der Waals surface area contributed by atoms with Crippen LogP contribution in [0.4, 0.5) is 5.69 Å². The first-order chi connectivity index (χ1) is 14.6. The van der Waals surface area contributed by atoms with Gasteiger partial charge in [-0.3, -0.25) is 0 Å². The van der Waals surface area contributed by atoms with Crippen LogP contribution in [-0.2, 0) is 6.42 Å². The van der Waals surface area contributed by atoms with Crippen LogP contribution in [-0.4, -0.2) is 13.2 Å². The van der Waals surface area contributed by atoms with Gasteiger partial charge < -0.3 is 10.1 Å². The van der Waals surface area contributed by atoms with Crippen molar-refractivity contribution in [2.45, 2.75) is 27.2 Å². The number of fused-ring (bicyclic) bond motifs is 2. The van der Waals surface area contributed by atoms with Gasteiger partial charge in [0.1, 0.15) is 5.75 Å². The molecule has 0 aliphatic rings. The highest BCUT2D eigenvalue weighted by Crippen LogP contribution is 2.29. The molecular weight excluding hydrogens is 366 g/mol. The van der Waals surface area contributed by atoms with Crippen molar-refractivity contribution in [3.8, 4) is 5.75 Å². The first-order valence-corrected chi connectivity index (χ1v) is 11.0. The van der Waals surface area contributed by atoms with Crippen LogP contribution >= 0.6 is 0 Å². The molecule has 0 radical (unpaired) electrons. The molecule has 0 fully saturated rings. The van der Waals surface area contributed by atoms with Gasteiger partial charge in [-0.25, -0.2) is 0 Å². The average Bonchev–Trinajstić information content (AvgIpc) is 2.76. The van der Waals surface area contributed by atoms with Gasteiger partial charge in [-0.15, -0.1) is 0 Å². The number of hydrogen-bond acceptors (Lipinski definition) is 2. The maximum absolute atomic E-state index is 6.16. The number of hydrogen-bond donors (Lipinski definition) is 1. The van der Waals surface area contributed by atoms with Crippen molar-refractivity contribution >= 4 is 27.2 Å². The van der Waals surface area contributed by atoms with E-state index in [4.69, 9.17) is 4.74 Å². The maximum atomic E-state index is 6.16. The number of benzene rings is 4. The minimum Gasteiger partial charge on any atom is -0.493 e. The van der Waals surface area contributed by atoms with Crippen LogP contribution < -0.4 is 10.1 Å². The van der Waals surface area contributed by atoms with E-state index in [1.165, 1.54) is 32.8 Å². The summed E-state index contributed by atoms with van der Waals surface area (Å²) >= 11 is 0. The van der Waals surface area contributed by atoms with E-state index in [0.29, 0.717) is 11.8 Å². The van der Waals surface area contributed by atoms with Crippen molar-refractivity contribution < 1.29 is 4.74 Å². The Kier molecular flexibility index (Phi) is 6.23. The normalized spacial score (nSPS) is 12.4. The predicted octanol–water partition coefficient (Wildman–Crippen LogP) is 7.32. The van der Waals surface area contributed by atoms with E-state index >= 15 is 0 Å². The monoisotopic (exact) mass is 397 g/mol. The zero-order valence-corrected chi connectivity index (χ0v) is 18.2. The largest absolute Gasteiger partial charge is 0.493 e. The Balaban J connectivity index is 1.45. The van der Waals surface area contributed by atoms with E-state index in [-0.39, 0.29) is 0 Å². The second kappa shape index (κ2) is 9.21. The molecule has 1 N–H and O–H groups in total. The molecule has 30 heavy (non-hydrogen) atoms. The van der Waals surface area contributed by atoms with Crippen molar-refractivity contribution in [2.75, 3.05) is 18.5 Å². The van der Waals surface area contributed by atoms with Gasteiger partial charge in [0, 0.05) is 17.6 Å². The van der Waals surface area contributed by atoms with Crippen LogP contribution in [0.15, 0.2) is 78.9 Å². The zero-order valence-electron chi connectivity index (χ0n) is 18.2. The fraction of sp³-hybridized carbons (Fsp3) is 0.286. The molecule has 0 heterocycles. The highest BCUT2D eigenvalue weighted by molar-refractivity contribution is 5.89. The molecule has 0 spiro atoms. The van der Waals surface area contributed by atoms with E-state index in [1.54, 1.807) is 0 Å². The fourth-order valence-electron chi connectivity index (χ4n) is 3.89. The summed E-state index contributed by atoms with van der Waals surface area (Å²) in [6.45, 7) is 8.36. The highest BCUT2D eigenvalue weighted by atomic mass is 16.5. The Morgan fingerprint density at radius 2 is 1.50 bits per heavy atom. The van der Waals surface area contributed by atoms with Gasteiger partial charge in [-0.2, -0.15) is 0 Å². The van der Waals surface area contributed by atoms with E-state index in [1.807, 2.05) is 0 Å². The number of nitrogens with one attached hydrogen (secondary N) is 1. The number of rotatable bonds is 8. The molecule has 0 saturated carbocycles. The van der Waals surface area contributed by atoms with E-state index < -0.39 is 0 Å². The minimum absolute atomic E-state index is 0.510. The maximum Gasteiger partial charge on any atom is 0.127 e. The molecule has 154 valence electrons. The summed E-state index contributed by atoms with van der Waals surface area (Å²) in [7, 11) is 0. The van der Waals surface area contributed by atoms with Gasteiger partial charge in [0.25, 0.3) is 0 Å². The summed E-state index contributed by atoms with van der Waals surface area (Å²) in [6, 6.07) is 28.1. The van der Waals surface area contributed by atoms with Crippen molar-refractivity contribution in [3.05, 3.63) is 84.4 Å². The highest BCUT2D eigenvalue weighted by Gasteiger charge is 2.10.